The summed E-state index contributed by atoms with van der Waals surface area (Å²) in [6, 6.07) is 5.15. The fourth-order valence-corrected chi connectivity index (χ4v) is 6.06. The second kappa shape index (κ2) is 6.24. The summed E-state index contributed by atoms with van der Waals surface area (Å²) in [6.07, 6.45) is 2.02. The van der Waals surface area contributed by atoms with Crippen molar-refractivity contribution >= 4 is 0 Å². The smallest absolute Gasteiger partial charge is 0.294 e. The van der Waals surface area contributed by atoms with Gasteiger partial charge in [0.15, 0.2) is 0 Å². The van der Waals surface area contributed by atoms with Gasteiger partial charge in [0.05, 0.1) is 0 Å². The zero-order valence-electron chi connectivity index (χ0n) is 14.9. The van der Waals surface area contributed by atoms with Crippen LogP contribution in [-0.2, 0) is 16.1 Å². The van der Waals surface area contributed by atoms with Crippen LogP contribution < -0.4 is 0 Å². The van der Waals surface area contributed by atoms with E-state index in [-0.39, 0.29) is 23.5 Å². The van der Waals surface area contributed by atoms with E-state index in [0.717, 1.165) is 30.4 Å². The van der Waals surface area contributed by atoms with Crippen LogP contribution in [0.4, 0.5) is 0 Å². The molecule has 1 aromatic carbocycles. The monoisotopic (exact) mass is 378 g/mol. The van der Waals surface area contributed by atoms with E-state index in [4.69, 9.17) is 9.68 Å². The van der Waals surface area contributed by atoms with Gasteiger partial charge in [0.2, 0.25) is 0 Å². The maximum atomic E-state index is 11.2. The Morgan fingerprint density at radius 3 is 2.59 bits per heavy atom. The molecule has 27 heavy (non-hydrogen) atoms. The van der Waals surface area contributed by atoms with Gasteiger partial charge in [-0.3, -0.25) is 0 Å². The topological polar surface area (TPSA) is 125 Å². The highest BCUT2D eigenvalue weighted by Gasteiger charge is 2.60. The Balaban J connectivity index is 1.74. The largest absolute Gasteiger partial charge is 0.508 e. The molecular formula is C18H22N2O7. The standard InChI is InChI=1S/C18H22N2O7/c1-18-9-15(26-19(22)23)17-12-5-3-11(21)8-10(12)2-4-13(17)14(18)6-7-16(18)27-20(24)25/h3,5,8,13-17,21H,2,4,6-7,9H2,1H3/t13-,14-,15-,16-,17+,18-/m0/s1. The minimum Gasteiger partial charge on any atom is -0.508 e. The van der Waals surface area contributed by atoms with Gasteiger partial charge < -0.3 is 14.8 Å². The minimum atomic E-state index is -0.765. The number of hydrogen-bond acceptors (Lipinski definition) is 7. The Morgan fingerprint density at radius 1 is 1.15 bits per heavy atom. The molecule has 0 amide bonds. The number of aromatic hydroxyl groups is 1. The molecule has 0 aliphatic heterocycles. The number of phenolic OH excluding ortho intramolecular Hbond substituents is 1. The molecule has 0 aromatic heterocycles. The van der Waals surface area contributed by atoms with Gasteiger partial charge in [-0.15, -0.1) is 20.2 Å². The Hall–Kier alpha value is -2.58. The molecule has 0 heterocycles. The average Bonchev–Trinajstić information content (AvgIpc) is 2.89. The average molecular weight is 378 g/mol. The van der Waals surface area contributed by atoms with Gasteiger partial charge in [0, 0.05) is 5.92 Å². The van der Waals surface area contributed by atoms with E-state index >= 15 is 0 Å². The number of fused-ring (bicyclic) bond motifs is 5. The Morgan fingerprint density at radius 2 is 1.89 bits per heavy atom. The van der Waals surface area contributed by atoms with E-state index < -0.39 is 27.8 Å². The van der Waals surface area contributed by atoms with E-state index in [1.54, 1.807) is 12.1 Å². The van der Waals surface area contributed by atoms with Crippen molar-refractivity contribution in [2.75, 3.05) is 0 Å². The molecular weight excluding hydrogens is 356 g/mol. The van der Waals surface area contributed by atoms with Gasteiger partial charge in [-0.25, -0.2) is 0 Å². The maximum Gasteiger partial charge on any atom is 0.294 e. The van der Waals surface area contributed by atoms with E-state index in [1.807, 2.05) is 13.0 Å². The number of nitrogens with zero attached hydrogens (tertiary/aromatic N) is 2. The van der Waals surface area contributed by atoms with Crippen molar-refractivity contribution in [2.45, 2.75) is 57.2 Å². The molecule has 9 nitrogen and oxygen atoms in total. The summed E-state index contributed by atoms with van der Waals surface area (Å²) in [4.78, 5) is 32.2. The molecule has 3 aliphatic rings. The highest BCUT2D eigenvalue weighted by molar-refractivity contribution is 5.41. The van der Waals surface area contributed by atoms with Crippen LogP contribution in [0, 0.1) is 37.5 Å². The normalized spacial score (nSPS) is 36.9. The predicted octanol–water partition coefficient (Wildman–Crippen LogP) is 3.01. The number of hydrogen-bond donors (Lipinski definition) is 1. The van der Waals surface area contributed by atoms with Gasteiger partial charge in [0.25, 0.3) is 10.2 Å². The first-order valence-electron chi connectivity index (χ1n) is 9.23. The lowest BCUT2D eigenvalue weighted by Crippen LogP contribution is -2.52. The van der Waals surface area contributed by atoms with Crippen molar-refractivity contribution < 1.29 is 25.0 Å². The summed E-state index contributed by atoms with van der Waals surface area (Å²) in [5.74, 6) is 0.333. The molecule has 0 spiro atoms. The van der Waals surface area contributed by atoms with Crippen LogP contribution in [0.3, 0.4) is 0 Å². The molecule has 0 radical (unpaired) electrons. The summed E-state index contributed by atoms with van der Waals surface area (Å²) in [5.41, 5.74) is 1.44. The van der Waals surface area contributed by atoms with Gasteiger partial charge in [-0.1, -0.05) is 13.0 Å². The van der Waals surface area contributed by atoms with E-state index in [9.17, 15) is 25.3 Å². The summed E-state index contributed by atoms with van der Waals surface area (Å²) < 4.78 is 0. The first kappa shape index (κ1) is 17.8. The lowest BCUT2D eigenvalue weighted by atomic mass is 9.54. The Labute approximate surface area is 155 Å². The van der Waals surface area contributed by atoms with Crippen molar-refractivity contribution in [3.05, 3.63) is 49.6 Å². The highest BCUT2D eigenvalue weighted by Crippen LogP contribution is 2.62. The third kappa shape index (κ3) is 2.85. The molecule has 0 bridgehead atoms. The molecule has 2 saturated carbocycles. The third-order valence-electron chi connectivity index (χ3n) is 7.01. The van der Waals surface area contributed by atoms with E-state index in [2.05, 4.69) is 0 Å². The van der Waals surface area contributed by atoms with Crippen molar-refractivity contribution in [3.8, 4) is 5.75 Å². The van der Waals surface area contributed by atoms with Crippen LogP contribution in [-0.4, -0.2) is 27.5 Å². The van der Waals surface area contributed by atoms with Crippen molar-refractivity contribution in [2.24, 2.45) is 17.3 Å². The van der Waals surface area contributed by atoms with Crippen LogP contribution in [0.5, 0.6) is 5.75 Å². The number of benzene rings is 1. The molecule has 0 saturated heterocycles. The van der Waals surface area contributed by atoms with Crippen LogP contribution in [0.2, 0.25) is 0 Å². The van der Waals surface area contributed by atoms with Crippen LogP contribution >= 0.6 is 0 Å². The lowest BCUT2D eigenvalue weighted by Gasteiger charge is -2.52. The zero-order chi connectivity index (χ0) is 19.3. The molecule has 9 heteroatoms. The van der Waals surface area contributed by atoms with Gasteiger partial charge in [0.1, 0.15) is 18.0 Å². The molecule has 1 aromatic rings. The lowest BCUT2D eigenvalue weighted by molar-refractivity contribution is -0.777. The van der Waals surface area contributed by atoms with Gasteiger partial charge >= 0.3 is 0 Å². The molecule has 1 N–H and O–H groups in total. The minimum absolute atomic E-state index is 0.131. The SMILES string of the molecule is C[C@]12C[C@H](O[N+](=O)[O-])[C@@H]3c4ccc(O)cc4CC[C@H]3[C@@H]1CC[C@@H]2O[N+](=O)[O-]. The summed E-state index contributed by atoms with van der Waals surface area (Å²) in [6.45, 7) is 1.94. The second-order valence-electron chi connectivity index (χ2n) is 8.19. The number of phenols is 1. The van der Waals surface area contributed by atoms with Crippen LogP contribution in [0.25, 0.3) is 0 Å². The predicted molar refractivity (Wildman–Crippen MR) is 91.8 cm³/mol. The fraction of sp³-hybridized carbons (Fsp3) is 0.667. The number of rotatable bonds is 4. The molecule has 146 valence electrons. The summed E-state index contributed by atoms with van der Waals surface area (Å²) in [7, 11) is 0. The molecule has 4 rings (SSSR count). The molecule has 0 unspecified atom stereocenters. The highest BCUT2D eigenvalue weighted by atomic mass is 17.0. The second-order valence-corrected chi connectivity index (χ2v) is 8.19. The summed E-state index contributed by atoms with van der Waals surface area (Å²) in [5, 5.41) is 30.4. The van der Waals surface area contributed by atoms with Crippen LogP contribution in [0.1, 0.15) is 49.7 Å². The Bertz CT molecular complexity index is 785. The quantitative estimate of drug-likeness (QED) is 0.630. The molecule has 3 aliphatic carbocycles. The maximum absolute atomic E-state index is 11.2. The first-order chi connectivity index (χ1) is 12.8. The third-order valence-corrected chi connectivity index (χ3v) is 7.01. The van der Waals surface area contributed by atoms with E-state index in [1.165, 1.54) is 0 Å². The first-order valence-corrected chi connectivity index (χ1v) is 9.23. The molecule has 2 fully saturated rings. The van der Waals surface area contributed by atoms with Gasteiger partial charge in [-0.05, 0) is 72.6 Å². The van der Waals surface area contributed by atoms with Crippen LogP contribution in [0.15, 0.2) is 18.2 Å². The van der Waals surface area contributed by atoms with Gasteiger partial charge in [-0.2, -0.15) is 0 Å². The van der Waals surface area contributed by atoms with Crippen molar-refractivity contribution in [1.82, 2.24) is 0 Å². The van der Waals surface area contributed by atoms with Crippen molar-refractivity contribution in [3.63, 3.8) is 0 Å². The fourth-order valence-electron chi connectivity index (χ4n) is 6.06. The summed E-state index contributed by atoms with van der Waals surface area (Å²) >= 11 is 0. The van der Waals surface area contributed by atoms with E-state index in [0.29, 0.717) is 12.8 Å². The molecule has 6 atom stereocenters. The number of aryl methyl sites for hydroxylation is 1. The Kier molecular flexibility index (Phi) is 4.12. The zero-order valence-corrected chi connectivity index (χ0v) is 14.9. The van der Waals surface area contributed by atoms with Crippen molar-refractivity contribution in [1.29, 1.82) is 0 Å².